The Kier molecular flexibility index (Phi) is 4.76. The average molecular weight is 301 g/mol. The van der Waals surface area contributed by atoms with Crippen LogP contribution in [-0.2, 0) is 0 Å². The molecule has 0 unspecified atom stereocenters. The van der Waals surface area contributed by atoms with Crippen LogP contribution in [0.25, 0.3) is 0 Å². The summed E-state index contributed by atoms with van der Waals surface area (Å²) in [6.45, 7) is 6.14. The number of aryl methyl sites for hydroxylation is 3. The zero-order valence-corrected chi connectivity index (χ0v) is 13.0. The molecule has 0 atom stereocenters. The minimum Gasteiger partial charge on any atom is -0.267 e. The highest BCUT2D eigenvalue weighted by molar-refractivity contribution is 6.33. The second-order valence-electron chi connectivity index (χ2n) is 4.97. The van der Waals surface area contributed by atoms with E-state index in [2.05, 4.69) is 36.5 Å². The van der Waals surface area contributed by atoms with E-state index >= 15 is 0 Å². The van der Waals surface area contributed by atoms with Gasteiger partial charge in [-0.15, -0.1) is 0 Å². The van der Waals surface area contributed by atoms with Crippen LogP contribution in [0, 0.1) is 20.8 Å². The topological polar surface area (TPSA) is 41.5 Å². The third kappa shape index (κ3) is 3.70. The van der Waals surface area contributed by atoms with Gasteiger partial charge in [0.15, 0.2) is 0 Å². The van der Waals surface area contributed by atoms with Crippen LogP contribution in [0.1, 0.15) is 32.6 Å². The molecule has 0 radical (unpaired) electrons. The van der Waals surface area contributed by atoms with E-state index in [1.807, 2.05) is 6.92 Å². The number of halogens is 1. The van der Waals surface area contributed by atoms with Crippen LogP contribution in [0.15, 0.2) is 41.5 Å². The summed E-state index contributed by atoms with van der Waals surface area (Å²) in [7, 11) is 0. The maximum atomic E-state index is 12.0. The summed E-state index contributed by atoms with van der Waals surface area (Å²) in [5, 5.41) is 4.42. The van der Waals surface area contributed by atoms with Crippen LogP contribution in [0.2, 0.25) is 5.02 Å². The molecule has 2 aromatic carbocycles. The van der Waals surface area contributed by atoms with Crippen molar-refractivity contribution in [2.75, 3.05) is 0 Å². The Morgan fingerprint density at radius 2 is 1.76 bits per heavy atom. The standard InChI is InChI=1S/C17H17ClN2O/c1-11-8-13(3)14(9-12(11)2)10-19-20-17(21)15-6-4-5-7-16(15)18/h4-10H,1-3H3,(H,20,21)/b19-10-. The van der Waals surface area contributed by atoms with E-state index in [1.165, 1.54) is 11.1 Å². The predicted molar refractivity (Wildman–Crippen MR) is 87.2 cm³/mol. The van der Waals surface area contributed by atoms with Crippen LogP contribution in [-0.4, -0.2) is 12.1 Å². The molecule has 2 aromatic rings. The van der Waals surface area contributed by atoms with E-state index in [9.17, 15) is 4.79 Å². The Bertz CT molecular complexity index is 708. The zero-order valence-electron chi connectivity index (χ0n) is 12.3. The number of amides is 1. The van der Waals surface area contributed by atoms with Crippen LogP contribution in [0.4, 0.5) is 0 Å². The lowest BCUT2D eigenvalue weighted by Crippen LogP contribution is -2.18. The highest BCUT2D eigenvalue weighted by atomic mass is 35.5. The molecule has 0 aliphatic heterocycles. The average Bonchev–Trinajstić information content (AvgIpc) is 2.44. The highest BCUT2D eigenvalue weighted by Gasteiger charge is 2.07. The summed E-state index contributed by atoms with van der Waals surface area (Å²) in [5.74, 6) is -0.321. The summed E-state index contributed by atoms with van der Waals surface area (Å²) in [5.41, 5.74) is 7.44. The molecule has 0 aliphatic carbocycles. The Morgan fingerprint density at radius 3 is 2.48 bits per heavy atom. The number of nitrogens with one attached hydrogen (secondary N) is 1. The minimum absolute atomic E-state index is 0.321. The lowest BCUT2D eigenvalue weighted by molar-refractivity contribution is 0.0955. The molecule has 0 spiro atoms. The van der Waals surface area contributed by atoms with Crippen LogP contribution in [0.5, 0.6) is 0 Å². The Morgan fingerprint density at radius 1 is 1.10 bits per heavy atom. The molecule has 2 rings (SSSR count). The Hall–Kier alpha value is -2.13. The molecule has 21 heavy (non-hydrogen) atoms. The molecular weight excluding hydrogens is 284 g/mol. The lowest BCUT2D eigenvalue weighted by atomic mass is 10.0. The fraction of sp³-hybridized carbons (Fsp3) is 0.176. The number of hydrazone groups is 1. The van der Waals surface area contributed by atoms with E-state index in [0.717, 1.165) is 11.1 Å². The molecule has 4 heteroatoms. The van der Waals surface area contributed by atoms with Crippen LogP contribution >= 0.6 is 11.6 Å². The van der Waals surface area contributed by atoms with Crippen molar-refractivity contribution in [2.24, 2.45) is 5.10 Å². The molecule has 0 saturated heterocycles. The monoisotopic (exact) mass is 300 g/mol. The van der Waals surface area contributed by atoms with Crippen LogP contribution in [0.3, 0.4) is 0 Å². The second-order valence-corrected chi connectivity index (χ2v) is 5.38. The highest BCUT2D eigenvalue weighted by Crippen LogP contribution is 2.15. The van der Waals surface area contributed by atoms with E-state index < -0.39 is 0 Å². The largest absolute Gasteiger partial charge is 0.272 e. The van der Waals surface area contributed by atoms with E-state index in [-0.39, 0.29) is 5.91 Å². The number of hydrogen-bond acceptors (Lipinski definition) is 2. The van der Waals surface area contributed by atoms with Gasteiger partial charge in [-0.2, -0.15) is 5.10 Å². The van der Waals surface area contributed by atoms with Crippen molar-refractivity contribution in [3.05, 3.63) is 69.2 Å². The first kappa shape index (κ1) is 15.3. The molecule has 0 bridgehead atoms. The van der Waals surface area contributed by atoms with Gasteiger partial charge >= 0.3 is 0 Å². The van der Waals surface area contributed by atoms with Gasteiger partial charge in [0.2, 0.25) is 0 Å². The molecular formula is C17H17ClN2O. The normalized spacial score (nSPS) is 10.9. The number of carbonyl (C=O) groups is 1. The van der Waals surface area contributed by atoms with Crippen molar-refractivity contribution in [3.63, 3.8) is 0 Å². The summed E-state index contributed by atoms with van der Waals surface area (Å²) in [6.07, 6.45) is 1.65. The molecule has 0 saturated carbocycles. The maximum absolute atomic E-state index is 12.0. The third-order valence-corrected chi connectivity index (χ3v) is 3.70. The van der Waals surface area contributed by atoms with Gasteiger partial charge < -0.3 is 0 Å². The van der Waals surface area contributed by atoms with Gasteiger partial charge in [-0.25, -0.2) is 5.43 Å². The van der Waals surface area contributed by atoms with E-state index in [0.29, 0.717) is 10.6 Å². The molecule has 1 N–H and O–H groups in total. The van der Waals surface area contributed by atoms with Crippen molar-refractivity contribution < 1.29 is 4.79 Å². The maximum Gasteiger partial charge on any atom is 0.272 e. The molecule has 1 amide bonds. The van der Waals surface area contributed by atoms with Crippen LogP contribution < -0.4 is 5.43 Å². The first-order chi connectivity index (χ1) is 9.99. The van der Waals surface area contributed by atoms with Crippen molar-refractivity contribution in [3.8, 4) is 0 Å². The predicted octanol–water partition coefficient (Wildman–Crippen LogP) is 4.03. The molecule has 3 nitrogen and oxygen atoms in total. The van der Waals surface area contributed by atoms with Crippen molar-refractivity contribution in [1.29, 1.82) is 0 Å². The van der Waals surface area contributed by atoms with E-state index in [1.54, 1.807) is 30.5 Å². The SMILES string of the molecule is Cc1cc(C)c(/C=N\NC(=O)c2ccccc2Cl)cc1C. The summed E-state index contributed by atoms with van der Waals surface area (Å²) in [6, 6.07) is 11.0. The third-order valence-electron chi connectivity index (χ3n) is 3.37. The number of hydrogen-bond donors (Lipinski definition) is 1. The van der Waals surface area contributed by atoms with Crippen molar-refractivity contribution in [2.45, 2.75) is 20.8 Å². The summed E-state index contributed by atoms with van der Waals surface area (Å²) >= 11 is 5.97. The smallest absolute Gasteiger partial charge is 0.267 e. The molecule has 0 aromatic heterocycles. The van der Waals surface area contributed by atoms with Gasteiger partial charge in [0.25, 0.3) is 5.91 Å². The quantitative estimate of drug-likeness (QED) is 0.675. The molecule has 0 aliphatic rings. The number of benzene rings is 2. The fourth-order valence-electron chi connectivity index (χ4n) is 1.99. The molecule has 108 valence electrons. The van der Waals surface area contributed by atoms with Gasteiger partial charge in [0.05, 0.1) is 16.8 Å². The van der Waals surface area contributed by atoms with Gasteiger partial charge in [0.1, 0.15) is 0 Å². The first-order valence-corrected chi connectivity index (χ1v) is 7.02. The lowest BCUT2D eigenvalue weighted by Gasteiger charge is -2.06. The first-order valence-electron chi connectivity index (χ1n) is 6.65. The van der Waals surface area contributed by atoms with Crippen molar-refractivity contribution in [1.82, 2.24) is 5.43 Å². The minimum atomic E-state index is -0.321. The zero-order chi connectivity index (χ0) is 15.4. The second kappa shape index (κ2) is 6.55. The summed E-state index contributed by atoms with van der Waals surface area (Å²) in [4.78, 5) is 12.0. The number of rotatable bonds is 3. The van der Waals surface area contributed by atoms with Gasteiger partial charge in [-0.3, -0.25) is 4.79 Å². The van der Waals surface area contributed by atoms with E-state index in [4.69, 9.17) is 11.6 Å². The molecule has 0 heterocycles. The number of carbonyl (C=O) groups excluding carboxylic acids is 1. The van der Waals surface area contributed by atoms with Gasteiger partial charge in [-0.05, 0) is 61.2 Å². The van der Waals surface area contributed by atoms with Gasteiger partial charge in [0, 0.05) is 0 Å². The fourth-order valence-corrected chi connectivity index (χ4v) is 2.21. The van der Waals surface area contributed by atoms with Gasteiger partial charge in [-0.1, -0.05) is 29.8 Å². The Balaban J connectivity index is 2.11. The Labute approximate surface area is 129 Å². The summed E-state index contributed by atoms with van der Waals surface area (Å²) < 4.78 is 0. The van der Waals surface area contributed by atoms with Crippen molar-refractivity contribution >= 4 is 23.7 Å². The number of nitrogens with zero attached hydrogens (tertiary/aromatic N) is 1. The molecule has 0 fully saturated rings.